The Labute approximate surface area is 176 Å². The van der Waals surface area contributed by atoms with Crippen LogP contribution in [-0.2, 0) is 19.6 Å². The number of esters is 1. The maximum absolute atomic E-state index is 12.5. The summed E-state index contributed by atoms with van der Waals surface area (Å²) >= 11 is 0. The predicted molar refractivity (Wildman–Crippen MR) is 113 cm³/mol. The molecule has 2 aromatic rings. The summed E-state index contributed by atoms with van der Waals surface area (Å²) in [5.41, 5.74) is 0.527. The maximum Gasteiger partial charge on any atom is 0.324 e. The number of carbonyl (C=O) groups excluding carboxylic acids is 2. The van der Waals surface area contributed by atoms with Crippen molar-refractivity contribution in [3.05, 3.63) is 53.6 Å². The summed E-state index contributed by atoms with van der Waals surface area (Å²) < 4.78 is 32.5. The Morgan fingerprint density at radius 1 is 1.07 bits per heavy atom. The lowest BCUT2D eigenvalue weighted by atomic mass is 10.1. The van der Waals surface area contributed by atoms with Crippen LogP contribution in [0.2, 0.25) is 0 Å². The van der Waals surface area contributed by atoms with Crippen molar-refractivity contribution in [2.45, 2.75) is 51.2 Å². The number of aryl methyl sites for hydroxylation is 1. The average Bonchev–Trinajstić information content (AvgIpc) is 2.60. The third-order valence-electron chi connectivity index (χ3n) is 3.91. The molecule has 0 fully saturated rings. The van der Waals surface area contributed by atoms with E-state index < -0.39 is 33.5 Å². The molecule has 0 bridgehead atoms. The van der Waals surface area contributed by atoms with Gasteiger partial charge in [-0.15, -0.1) is 0 Å². The molecule has 9 heteroatoms. The molecule has 0 aliphatic heterocycles. The van der Waals surface area contributed by atoms with Gasteiger partial charge in [-0.3, -0.25) is 9.59 Å². The van der Waals surface area contributed by atoms with Crippen LogP contribution in [-0.4, -0.2) is 37.0 Å². The minimum atomic E-state index is -3.97. The lowest BCUT2D eigenvalue weighted by Gasteiger charge is -2.22. The fourth-order valence-corrected chi connectivity index (χ4v) is 3.68. The highest BCUT2D eigenvalue weighted by Crippen LogP contribution is 2.21. The van der Waals surface area contributed by atoms with E-state index in [9.17, 15) is 23.1 Å². The molecule has 1 unspecified atom stereocenters. The average molecular weight is 435 g/mol. The van der Waals surface area contributed by atoms with Crippen LogP contribution in [0.5, 0.6) is 5.75 Å². The van der Waals surface area contributed by atoms with Gasteiger partial charge in [0.25, 0.3) is 5.91 Å². The minimum Gasteiger partial charge on any atom is -0.507 e. The number of phenols is 1. The molecule has 1 amide bonds. The Morgan fingerprint density at radius 2 is 1.67 bits per heavy atom. The van der Waals surface area contributed by atoms with E-state index in [4.69, 9.17) is 4.74 Å². The van der Waals surface area contributed by atoms with Gasteiger partial charge in [0.1, 0.15) is 17.4 Å². The van der Waals surface area contributed by atoms with Crippen molar-refractivity contribution >= 4 is 27.6 Å². The van der Waals surface area contributed by atoms with Crippen LogP contribution in [0.4, 0.5) is 5.69 Å². The van der Waals surface area contributed by atoms with Gasteiger partial charge in [0.2, 0.25) is 10.0 Å². The molecule has 0 saturated heterocycles. The standard InChI is InChI=1S/C21H26N2O6S/c1-13-6-11-17(18(24)12-13)19(25)22-15-7-9-16(10-8-15)30(27,28)23-14(2)20(26)29-21(3,4)5/h6-12,14,23-24H,1-5H3,(H,22,25). The zero-order chi connectivity index (χ0) is 22.7. The second kappa shape index (κ2) is 8.85. The molecule has 0 aliphatic carbocycles. The fourth-order valence-electron chi connectivity index (χ4n) is 2.49. The molecule has 0 saturated carbocycles. The molecule has 30 heavy (non-hydrogen) atoms. The molecule has 3 N–H and O–H groups in total. The van der Waals surface area contributed by atoms with Crippen LogP contribution in [0, 0.1) is 6.92 Å². The van der Waals surface area contributed by atoms with Crippen molar-refractivity contribution in [2.24, 2.45) is 0 Å². The zero-order valence-corrected chi connectivity index (χ0v) is 18.3. The molecule has 0 aliphatic rings. The van der Waals surface area contributed by atoms with Gasteiger partial charge in [0, 0.05) is 5.69 Å². The van der Waals surface area contributed by atoms with Gasteiger partial charge >= 0.3 is 5.97 Å². The SMILES string of the molecule is Cc1ccc(C(=O)Nc2ccc(S(=O)(=O)NC(C)C(=O)OC(C)(C)C)cc2)c(O)c1. The lowest BCUT2D eigenvalue weighted by Crippen LogP contribution is -2.42. The van der Waals surface area contributed by atoms with Crippen molar-refractivity contribution in [2.75, 3.05) is 5.32 Å². The van der Waals surface area contributed by atoms with E-state index in [1.165, 1.54) is 43.3 Å². The van der Waals surface area contributed by atoms with Crippen LogP contribution in [0.25, 0.3) is 0 Å². The summed E-state index contributed by atoms with van der Waals surface area (Å²) in [5, 5.41) is 12.5. The van der Waals surface area contributed by atoms with E-state index >= 15 is 0 Å². The number of nitrogens with one attached hydrogen (secondary N) is 2. The first-order valence-electron chi connectivity index (χ1n) is 9.25. The topological polar surface area (TPSA) is 122 Å². The molecule has 2 rings (SSSR count). The van der Waals surface area contributed by atoms with Crippen LogP contribution < -0.4 is 10.0 Å². The number of hydrogen-bond acceptors (Lipinski definition) is 6. The van der Waals surface area contributed by atoms with Crippen LogP contribution in [0.3, 0.4) is 0 Å². The highest BCUT2D eigenvalue weighted by molar-refractivity contribution is 7.89. The number of phenolic OH excluding ortho intramolecular Hbond substituents is 1. The highest BCUT2D eigenvalue weighted by Gasteiger charge is 2.26. The van der Waals surface area contributed by atoms with Gasteiger partial charge in [-0.25, -0.2) is 8.42 Å². The summed E-state index contributed by atoms with van der Waals surface area (Å²) in [5.74, 6) is -1.36. The number of amides is 1. The second-order valence-corrected chi connectivity index (χ2v) is 9.59. The first-order valence-corrected chi connectivity index (χ1v) is 10.7. The molecule has 2 aromatic carbocycles. The summed E-state index contributed by atoms with van der Waals surface area (Å²) in [6, 6.07) is 9.03. The van der Waals surface area contributed by atoms with Crippen molar-refractivity contribution in [1.29, 1.82) is 0 Å². The van der Waals surface area contributed by atoms with Crippen LogP contribution in [0.1, 0.15) is 43.6 Å². The predicted octanol–water partition coefficient (Wildman–Crippen LogP) is 2.96. The Kier molecular flexibility index (Phi) is 6.89. The monoisotopic (exact) mass is 434 g/mol. The van der Waals surface area contributed by atoms with Gasteiger partial charge in [-0.2, -0.15) is 4.72 Å². The van der Waals surface area contributed by atoms with E-state index in [1.54, 1.807) is 33.8 Å². The maximum atomic E-state index is 12.5. The third kappa shape index (κ3) is 6.30. The molecule has 162 valence electrons. The van der Waals surface area contributed by atoms with Crippen molar-refractivity contribution in [1.82, 2.24) is 4.72 Å². The quantitative estimate of drug-likeness (QED) is 0.601. The van der Waals surface area contributed by atoms with E-state index in [-0.39, 0.29) is 16.2 Å². The van der Waals surface area contributed by atoms with Gasteiger partial charge in [0.15, 0.2) is 0 Å². The second-order valence-electron chi connectivity index (χ2n) is 7.88. The number of benzene rings is 2. The van der Waals surface area contributed by atoms with Crippen molar-refractivity contribution in [3.8, 4) is 5.75 Å². The number of sulfonamides is 1. The van der Waals surface area contributed by atoms with E-state index in [1.807, 2.05) is 0 Å². The molecule has 0 heterocycles. The van der Waals surface area contributed by atoms with Gasteiger partial charge in [-0.1, -0.05) is 6.07 Å². The van der Waals surface area contributed by atoms with Gasteiger partial charge in [0.05, 0.1) is 10.5 Å². The molecule has 0 aromatic heterocycles. The lowest BCUT2D eigenvalue weighted by molar-refractivity contribution is -0.156. The number of anilines is 1. The number of hydrogen-bond donors (Lipinski definition) is 3. The number of carbonyl (C=O) groups is 2. The van der Waals surface area contributed by atoms with E-state index in [2.05, 4.69) is 10.0 Å². The Morgan fingerprint density at radius 3 is 2.20 bits per heavy atom. The first kappa shape index (κ1) is 23.4. The summed E-state index contributed by atoms with van der Waals surface area (Å²) in [6.45, 7) is 8.26. The molecular weight excluding hydrogens is 408 g/mol. The Hall–Kier alpha value is -2.91. The van der Waals surface area contributed by atoms with E-state index in [0.717, 1.165) is 5.56 Å². The smallest absolute Gasteiger partial charge is 0.324 e. The van der Waals surface area contributed by atoms with Crippen LogP contribution in [0.15, 0.2) is 47.4 Å². The molecule has 0 radical (unpaired) electrons. The zero-order valence-electron chi connectivity index (χ0n) is 17.5. The number of aromatic hydroxyl groups is 1. The van der Waals surface area contributed by atoms with Crippen molar-refractivity contribution in [3.63, 3.8) is 0 Å². The van der Waals surface area contributed by atoms with Gasteiger partial charge in [-0.05, 0) is 76.6 Å². The van der Waals surface area contributed by atoms with Gasteiger partial charge < -0.3 is 15.2 Å². The Balaban J connectivity index is 2.08. The van der Waals surface area contributed by atoms with Crippen LogP contribution >= 0.6 is 0 Å². The van der Waals surface area contributed by atoms with E-state index in [0.29, 0.717) is 5.69 Å². The fraction of sp³-hybridized carbons (Fsp3) is 0.333. The van der Waals surface area contributed by atoms with Crippen molar-refractivity contribution < 1.29 is 27.9 Å². The summed E-state index contributed by atoms with van der Waals surface area (Å²) in [7, 11) is -3.97. The largest absolute Gasteiger partial charge is 0.507 e. The number of ether oxygens (including phenoxy) is 1. The molecule has 8 nitrogen and oxygen atoms in total. The summed E-state index contributed by atoms with van der Waals surface area (Å²) in [4.78, 5) is 24.2. The molecule has 0 spiro atoms. The molecular formula is C21H26N2O6S. The number of rotatable bonds is 6. The normalized spacial score (nSPS) is 12.8. The first-order chi connectivity index (χ1) is 13.8. The summed E-state index contributed by atoms with van der Waals surface area (Å²) in [6.07, 6.45) is 0. The third-order valence-corrected chi connectivity index (χ3v) is 5.47. The highest BCUT2D eigenvalue weighted by atomic mass is 32.2. The molecule has 1 atom stereocenters. The Bertz CT molecular complexity index is 1040. The minimum absolute atomic E-state index is 0.0749.